The molecule has 4 amide bonds. The minimum atomic E-state index is -4.23. The molecule has 0 radical (unpaired) electrons. The van der Waals surface area contributed by atoms with Gasteiger partial charge in [0.15, 0.2) is 0 Å². The predicted molar refractivity (Wildman–Crippen MR) is 202 cm³/mol. The van der Waals surface area contributed by atoms with Crippen molar-refractivity contribution in [2.75, 3.05) is 19.6 Å². The van der Waals surface area contributed by atoms with Crippen molar-refractivity contribution in [3.63, 3.8) is 0 Å². The van der Waals surface area contributed by atoms with Crippen molar-refractivity contribution in [1.29, 1.82) is 5.41 Å². The van der Waals surface area contributed by atoms with Crippen molar-refractivity contribution in [2.24, 2.45) is 0 Å². The fourth-order valence-electron chi connectivity index (χ4n) is 5.95. The maximum Gasteiger partial charge on any atom is 0.408 e. The number of carbonyl (C=O) groups excluding carboxylic acids is 3. The standard InChI is InChI=1S/C36H59N7O9S/c1-21-22(2)28(23(3)25-19-36(11,12)51-27(21)25)53(49,50)42-31(37)40-20-26(41-32(46)52-35(8,9)10)30(45)39-18-16-14-13-15-17-38-29(44)24(4)43(33(47)48)34(5,6)7/h13-14,24,26H,15-20H2,1-12H3,(H,38,44)(H,39,45)(H,41,46)(H,47,48)(H3,37,40,42)/b14-13-/t24-,26-/m0/s1. The summed E-state index contributed by atoms with van der Waals surface area (Å²) in [4.78, 5) is 51.0. The van der Waals surface area contributed by atoms with Gasteiger partial charge in [-0.3, -0.25) is 19.9 Å². The van der Waals surface area contributed by atoms with Gasteiger partial charge in [0.05, 0.1) is 4.90 Å². The van der Waals surface area contributed by atoms with Crippen LogP contribution in [0.25, 0.3) is 0 Å². The Balaban J connectivity index is 2.00. The molecule has 53 heavy (non-hydrogen) atoms. The summed E-state index contributed by atoms with van der Waals surface area (Å²) in [6, 6.07) is -2.11. The van der Waals surface area contributed by atoms with Crippen LogP contribution in [0.15, 0.2) is 17.0 Å². The maximum atomic E-state index is 13.6. The molecule has 298 valence electrons. The minimum Gasteiger partial charge on any atom is -0.487 e. The Morgan fingerprint density at radius 1 is 0.943 bits per heavy atom. The van der Waals surface area contributed by atoms with Crippen LogP contribution in [0.1, 0.15) is 97.4 Å². The lowest BCUT2D eigenvalue weighted by Gasteiger charge is -2.37. The molecule has 2 rings (SSSR count). The van der Waals surface area contributed by atoms with Crippen LogP contribution < -0.4 is 30.7 Å². The number of guanidine groups is 1. The average Bonchev–Trinajstić information content (AvgIpc) is 3.32. The number of rotatable bonds is 14. The molecule has 0 saturated carbocycles. The molecule has 0 fully saturated rings. The smallest absolute Gasteiger partial charge is 0.408 e. The fourth-order valence-corrected chi connectivity index (χ4v) is 7.47. The van der Waals surface area contributed by atoms with E-state index in [1.54, 1.807) is 74.5 Å². The zero-order chi connectivity index (χ0) is 40.7. The molecule has 2 atom stereocenters. The number of nitrogens with one attached hydrogen (secondary N) is 6. The van der Waals surface area contributed by atoms with Crippen LogP contribution in [0, 0.1) is 26.2 Å². The van der Waals surface area contributed by atoms with Gasteiger partial charge in [0, 0.05) is 37.2 Å². The lowest BCUT2D eigenvalue weighted by atomic mass is 9.94. The largest absolute Gasteiger partial charge is 0.487 e. The van der Waals surface area contributed by atoms with E-state index < -0.39 is 68.8 Å². The van der Waals surface area contributed by atoms with Gasteiger partial charge in [-0.15, -0.1) is 0 Å². The first-order valence-corrected chi connectivity index (χ1v) is 19.1. The van der Waals surface area contributed by atoms with E-state index in [1.165, 1.54) is 6.92 Å². The van der Waals surface area contributed by atoms with Crippen molar-refractivity contribution in [1.82, 2.24) is 30.9 Å². The van der Waals surface area contributed by atoms with Crippen molar-refractivity contribution >= 4 is 40.0 Å². The summed E-state index contributed by atoms with van der Waals surface area (Å²) in [7, 11) is -4.23. The number of hydrogen-bond donors (Lipinski definition) is 7. The molecule has 16 nitrogen and oxygen atoms in total. The number of carboxylic acid groups (broad SMARTS) is 1. The third kappa shape index (κ3) is 12.8. The zero-order valence-corrected chi connectivity index (χ0v) is 33.9. The van der Waals surface area contributed by atoms with Gasteiger partial charge in [0.25, 0.3) is 10.0 Å². The highest BCUT2D eigenvalue weighted by atomic mass is 32.2. The summed E-state index contributed by atoms with van der Waals surface area (Å²) in [6.45, 7) is 20.9. The molecule has 17 heteroatoms. The first kappa shape index (κ1) is 44.6. The third-order valence-corrected chi connectivity index (χ3v) is 9.99. The molecule has 0 saturated heterocycles. The number of ether oxygens (including phenoxy) is 2. The Morgan fingerprint density at radius 2 is 1.49 bits per heavy atom. The van der Waals surface area contributed by atoms with Crippen LogP contribution in [0.2, 0.25) is 0 Å². The highest BCUT2D eigenvalue weighted by molar-refractivity contribution is 7.90. The minimum absolute atomic E-state index is 0.0538. The van der Waals surface area contributed by atoms with E-state index >= 15 is 0 Å². The van der Waals surface area contributed by atoms with Crippen LogP contribution in [0.3, 0.4) is 0 Å². The number of nitrogens with zero attached hydrogens (tertiary/aromatic N) is 1. The van der Waals surface area contributed by atoms with Crippen molar-refractivity contribution in [3.8, 4) is 5.75 Å². The van der Waals surface area contributed by atoms with E-state index in [0.29, 0.717) is 41.7 Å². The molecule has 1 aromatic carbocycles. The average molecular weight is 766 g/mol. The molecule has 0 spiro atoms. The third-order valence-electron chi connectivity index (χ3n) is 8.37. The Bertz CT molecular complexity index is 1690. The number of alkyl carbamates (subject to hydrolysis) is 1. The lowest BCUT2D eigenvalue weighted by molar-refractivity contribution is -0.127. The quantitative estimate of drug-likeness (QED) is 0.0628. The summed E-state index contributed by atoms with van der Waals surface area (Å²) in [5, 5.41) is 28.4. The van der Waals surface area contributed by atoms with Gasteiger partial charge in [-0.1, -0.05) is 12.2 Å². The molecule has 1 aliphatic rings. The second kappa shape index (κ2) is 17.5. The Labute approximate surface area is 313 Å². The Morgan fingerprint density at radius 3 is 2.00 bits per heavy atom. The van der Waals surface area contributed by atoms with Gasteiger partial charge in [-0.25, -0.2) is 22.7 Å². The van der Waals surface area contributed by atoms with Gasteiger partial charge in [0.1, 0.15) is 29.0 Å². The van der Waals surface area contributed by atoms with E-state index in [9.17, 15) is 32.7 Å². The van der Waals surface area contributed by atoms with Gasteiger partial charge in [-0.2, -0.15) is 0 Å². The van der Waals surface area contributed by atoms with E-state index in [1.807, 2.05) is 13.8 Å². The molecule has 0 aromatic heterocycles. The van der Waals surface area contributed by atoms with E-state index in [4.69, 9.17) is 14.9 Å². The molecule has 7 N–H and O–H groups in total. The SMILES string of the molecule is Cc1c(C)c(S(=O)(=O)NC(=N)NC[C@H](NC(=O)OC(C)(C)C)C(=O)NCC/C=C\CCNC(=O)[C@H](C)N(C(=O)O)C(C)(C)C)c(C)c2c1OC(C)(C)C2. The second-order valence-corrected chi connectivity index (χ2v) is 17.4. The maximum absolute atomic E-state index is 13.6. The van der Waals surface area contributed by atoms with E-state index in [2.05, 4.69) is 26.0 Å². The molecular formula is C36H59N7O9S. The Kier molecular flexibility index (Phi) is 14.8. The highest BCUT2D eigenvalue weighted by Gasteiger charge is 2.37. The summed E-state index contributed by atoms with van der Waals surface area (Å²) >= 11 is 0. The van der Waals surface area contributed by atoms with Crippen LogP contribution in [0.4, 0.5) is 9.59 Å². The Hall–Kier alpha value is -4.54. The van der Waals surface area contributed by atoms with Crippen LogP contribution in [-0.2, 0) is 30.8 Å². The zero-order valence-electron chi connectivity index (χ0n) is 33.1. The molecular weight excluding hydrogens is 707 g/mol. The normalized spacial score (nSPS) is 15.0. The van der Waals surface area contributed by atoms with E-state index in [-0.39, 0.29) is 24.5 Å². The number of sulfonamides is 1. The summed E-state index contributed by atoms with van der Waals surface area (Å²) in [5.41, 5.74) is 0.446. The summed E-state index contributed by atoms with van der Waals surface area (Å²) in [5.74, 6) is -0.931. The topological polar surface area (TPSA) is 228 Å². The van der Waals surface area contributed by atoms with Crippen LogP contribution >= 0.6 is 0 Å². The number of carbonyl (C=O) groups is 4. The molecule has 1 heterocycles. The number of hydrogen-bond acceptors (Lipinski definition) is 9. The molecule has 0 aliphatic carbocycles. The second-order valence-electron chi connectivity index (χ2n) is 15.7. The first-order chi connectivity index (χ1) is 24.2. The van der Waals surface area contributed by atoms with Crippen molar-refractivity contribution in [2.45, 2.75) is 136 Å². The lowest BCUT2D eigenvalue weighted by Crippen LogP contribution is -2.55. The van der Waals surface area contributed by atoms with E-state index in [0.717, 1.165) is 10.5 Å². The highest BCUT2D eigenvalue weighted by Crippen LogP contribution is 2.43. The summed E-state index contributed by atoms with van der Waals surface area (Å²) in [6.07, 6.45) is 2.96. The van der Waals surface area contributed by atoms with Gasteiger partial charge < -0.3 is 35.8 Å². The fraction of sp³-hybridized carbons (Fsp3) is 0.639. The number of amides is 4. The first-order valence-electron chi connectivity index (χ1n) is 17.6. The molecule has 0 unspecified atom stereocenters. The number of fused-ring (bicyclic) bond motifs is 1. The monoisotopic (exact) mass is 765 g/mol. The predicted octanol–water partition coefficient (Wildman–Crippen LogP) is 3.76. The van der Waals surface area contributed by atoms with Crippen molar-refractivity contribution in [3.05, 3.63) is 34.4 Å². The molecule has 0 bridgehead atoms. The van der Waals surface area contributed by atoms with Crippen LogP contribution in [-0.4, -0.2) is 96.8 Å². The van der Waals surface area contributed by atoms with Crippen LogP contribution in [0.5, 0.6) is 5.75 Å². The number of benzene rings is 1. The van der Waals surface area contributed by atoms with Gasteiger partial charge in [0.2, 0.25) is 17.8 Å². The van der Waals surface area contributed by atoms with Gasteiger partial charge in [-0.05, 0) is 113 Å². The molecule has 1 aromatic rings. The summed E-state index contributed by atoms with van der Waals surface area (Å²) < 4.78 is 40.8. The molecule has 1 aliphatic heterocycles. The van der Waals surface area contributed by atoms with Crippen molar-refractivity contribution < 1.29 is 42.2 Å². The van der Waals surface area contributed by atoms with Gasteiger partial charge >= 0.3 is 12.2 Å².